The third kappa shape index (κ3) is 4.03. The van der Waals surface area contributed by atoms with Crippen LogP contribution in [0.5, 0.6) is 0 Å². The number of para-hydroxylation sites is 1. The number of fused-ring (bicyclic) bond motifs is 1. The van der Waals surface area contributed by atoms with Gasteiger partial charge in [-0.3, -0.25) is 9.59 Å². The lowest BCUT2D eigenvalue weighted by Crippen LogP contribution is -2.29. The van der Waals surface area contributed by atoms with Crippen LogP contribution in [0.3, 0.4) is 0 Å². The molecule has 0 unspecified atom stereocenters. The lowest BCUT2D eigenvalue weighted by Gasteiger charge is -2.08. The van der Waals surface area contributed by atoms with Crippen LogP contribution in [0.25, 0.3) is 16.6 Å². The molecule has 2 aromatic heterocycles. The number of nitrogens with two attached hydrogens (primary N) is 1. The summed E-state index contributed by atoms with van der Waals surface area (Å²) in [6.45, 7) is 0.661. The molecule has 0 atom stereocenters. The van der Waals surface area contributed by atoms with Crippen LogP contribution in [0.2, 0.25) is 0 Å². The fraction of sp³-hybridized carbons (Fsp3) is 0.136. The number of hydrogen-bond donors (Lipinski definition) is 2. The number of nitrogens with one attached hydrogen (secondary N) is 1. The Labute approximate surface area is 167 Å². The molecule has 0 saturated heterocycles. The van der Waals surface area contributed by atoms with Gasteiger partial charge in [0.2, 0.25) is 5.91 Å². The van der Waals surface area contributed by atoms with Crippen LogP contribution >= 0.6 is 0 Å². The summed E-state index contributed by atoms with van der Waals surface area (Å²) in [5.74, 6) is -0.617. The van der Waals surface area contributed by atoms with E-state index in [1.54, 1.807) is 21.6 Å². The first-order valence-corrected chi connectivity index (χ1v) is 9.35. The number of hydrogen-bond acceptors (Lipinski definition) is 3. The van der Waals surface area contributed by atoms with Crippen LogP contribution in [-0.2, 0) is 17.8 Å². The van der Waals surface area contributed by atoms with Crippen molar-refractivity contribution in [1.29, 1.82) is 0 Å². The number of benzene rings is 2. The van der Waals surface area contributed by atoms with Crippen LogP contribution in [0, 0.1) is 0 Å². The fourth-order valence-corrected chi connectivity index (χ4v) is 3.37. The van der Waals surface area contributed by atoms with E-state index >= 15 is 0 Å². The smallest absolute Gasteiger partial charge is 0.250 e. The van der Waals surface area contributed by atoms with Gasteiger partial charge in [-0.1, -0.05) is 30.3 Å². The van der Waals surface area contributed by atoms with Crippen molar-refractivity contribution in [2.45, 2.75) is 13.0 Å². The first kappa shape index (κ1) is 18.5. The highest BCUT2D eigenvalue weighted by atomic mass is 16.2. The summed E-state index contributed by atoms with van der Waals surface area (Å²) in [6, 6.07) is 17.4. The average Bonchev–Trinajstić information content (AvgIpc) is 3.37. The van der Waals surface area contributed by atoms with Crippen LogP contribution < -0.4 is 11.1 Å². The van der Waals surface area contributed by atoms with Gasteiger partial charge >= 0.3 is 0 Å². The molecule has 2 aromatic carbocycles. The van der Waals surface area contributed by atoms with Gasteiger partial charge in [0.15, 0.2) is 0 Å². The molecule has 2 amide bonds. The van der Waals surface area contributed by atoms with Gasteiger partial charge in [-0.25, -0.2) is 4.68 Å². The number of carbonyl (C=O) groups excluding carboxylic acids is 2. The van der Waals surface area contributed by atoms with Crippen LogP contribution in [-0.4, -0.2) is 32.7 Å². The number of nitrogens with zero attached hydrogens (tertiary/aromatic N) is 3. The molecule has 0 bridgehead atoms. The number of aromatic nitrogens is 3. The largest absolute Gasteiger partial charge is 0.366 e. The number of primary amides is 1. The van der Waals surface area contributed by atoms with Gasteiger partial charge in [0.05, 0.1) is 11.3 Å². The van der Waals surface area contributed by atoms with Gasteiger partial charge in [-0.05, 0) is 36.2 Å². The first-order valence-electron chi connectivity index (χ1n) is 9.35. The first-order chi connectivity index (χ1) is 14.1. The van der Waals surface area contributed by atoms with E-state index in [0.717, 1.165) is 28.6 Å². The Bertz CT molecular complexity index is 1140. The Hall–Kier alpha value is -3.87. The van der Waals surface area contributed by atoms with Crippen molar-refractivity contribution in [3.05, 3.63) is 84.3 Å². The van der Waals surface area contributed by atoms with E-state index in [0.29, 0.717) is 12.1 Å². The van der Waals surface area contributed by atoms with Crippen LogP contribution in [0.15, 0.2) is 73.2 Å². The monoisotopic (exact) mass is 387 g/mol. The van der Waals surface area contributed by atoms with Crippen molar-refractivity contribution in [3.63, 3.8) is 0 Å². The minimum atomic E-state index is -0.501. The minimum absolute atomic E-state index is 0.116. The van der Waals surface area contributed by atoms with Crippen molar-refractivity contribution < 1.29 is 9.59 Å². The Balaban J connectivity index is 1.35. The van der Waals surface area contributed by atoms with E-state index in [4.69, 9.17) is 5.73 Å². The zero-order valence-corrected chi connectivity index (χ0v) is 15.8. The van der Waals surface area contributed by atoms with E-state index in [2.05, 4.69) is 10.4 Å². The molecule has 0 saturated carbocycles. The standard InChI is InChI=1S/C22H21N5O2/c23-22(29)19-14-26(20-5-2-1-4-18(19)20)15-21(28)24-12-10-16-6-8-17(9-7-16)27-13-3-11-25-27/h1-9,11,13-14H,10,12,15H2,(H2,23,29)(H,24,28). The fourth-order valence-electron chi connectivity index (χ4n) is 3.37. The molecular weight excluding hydrogens is 366 g/mol. The van der Waals surface area contributed by atoms with Gasteiger partial charge in [0.1, 0.15) is 6.54 Å². The quantitative estimate of drug-likeness (QED) is 0.509. The van der Waals surface area contributed by atoms with Gasteiger partial charge in [-0.2, -0.15) is 5.10 Å². The summed E-state index contributed by atoms with van der Waals surface area (Å²) >= 11 is 0. The highest BCUT2D eigenvalue weighted by molar-refractivity contribution is 6.06. The predicted octanol–water partition coefficient (Wildman–Crippen LogP) is 2.28. The summed E-state index contributed by atoms with van der Waals surface area (Å²) < 4.78 is 3.55. The van der Waals surface area contributed by atoms with Gasteiger partial charge in [-0.15, -0.1) is 0 Å². The van der Waals surface area contributed by atoms with Crippen LogP contribution in [0.4, 0.5) is 0 Å². The van der Waals surface area contributed by atoms with Crippen LogP contribution in [0.1, 0.15) is 15.9 Å². The highest BCUT2D eigenvalue weighted by Crippen LogP contribution is 2.20. The zero-order valence-electron chi connectivity index (χ0n) is 15.8. The van der Waals surface area contributed by atoms with Crippen molar-refractivity contribution in [2.75, 3.05) is 6.54 Å². The maximum atomic E-state index is 12.4. The third-order valence-electron chi connectivity index (χ3n) is 4.81. The number of carbonyl (C=O) groups is 2. The molecule has 2 heterocycles. The van der Waals surface area contributed by atoms with E-state index in [-0.39, 0.29) is 12.5 Å². The Kier molecular flexibility index (Phi) is 5.11. The van der Waals surface area contributed by atoms with Gasteiger partial charge in [0, 0.05) is 36.0 Å². The molecule has 4 rings (SSSR count). The lowest BCUT2D eigenvalue weighted by molar-refractivity contribution is -0.121. The summed E-state index contributed by atoms with van der Waals surface area (Å²) in [6.07, 6.45) is 6.00. The highest BCUT2D eigenvalue weighted by Gasteiger charge is 2.13. The minimum Gasteiger partial charge on any atom is -0.366 e. The summed E-state index contributed by atoms with van der Waals surface area (Å²) in [7, 11) is 0. The molecule has 29 heavy (non-hydrogen) atoms. The second-order valence-corrected chi connectivity index (χ2v) is 6.77. The Morgan fingerprint density at radius 2 is 1.83 bits per heavy atom. The maximum absolute atomic E-state index is 12.4. The molecule has 0 fully saturated rings. The SMILES string of the molecule is NC(=O)c1cn(CC(=O)NCCc2ccc(-n3cccn3)cc2)c2ccccc12. The molecular formula is C22H21N5O2. The summed E-state index contributed by atoms with van der Waals surface area (Å²) in [5, 5.41) is 7.89. The molecule has 0 aliphatic rings. The van der Waals surface area contributed by atoms with E-state index in [9.17, 15) is 9.59 Å². The van der Waals surface area contributed by atoms with Crippen molar-refractivity contribution in [1.82, 2.24) is 19.7 Å². The Morgan fingerprint density at radius 3 is 2.55 bits per heavy atom. The molecule has 0 radical (unpaired) electrons. The number of rotatable bonds is 7. The maximum Gasteiger partial charge on any atom is 0.250 e. The topological polar surface area (TPSA) is 94.9 Å². The van der Waals surface area contributed by atoms with Gasteiger partial charge < -0.3 is 15.6 Å². The van der Waals surface area contributed by atoms with Gasteiger partial charge in [0.25, 0.3) is 5.91 Å². The summed E-state index contributed by atoms with van der Waals surface area (Å²) in [4.78, 5) is 24.0. The molecule has 4 aromatic rings. The number of amides is 2. The van der Waals surface area contributed by atoms with Crippen molar-refractivity contribution in [3.8, 4) is 5.69 Å². The lowest BCUT2D eigenvalue weighted by atomic mass is 10.1. The van der Waals surface area contributed by atoms with E-state index in [1.807, 2.05) is 60.8 Å². The molecule has 146 valence electrons. The second kappa shape index (κ2) is 8.02. The van der Waals surface area contributed by atoms with Crippen molar-refractivity contribution >= 4 is 22.7 Å². The molecule has 3 N–H and O–H groups in total. The zero-order chi connectivity index (χ0) is 20.2. The molecule has 0 aliphatic carbocycles. The molecule has 0 aliphatic heterocycles. The average molecular weight is 387 g/mol. The summed E-state index contributed by atoms with van der Waals surface area (Å²) in [5.41, 5.74) is 8.81. The van der Waals surface area contributed by atoms with E-state index in [1.165, 1.54) is 0 Å². The Morgan fingerprint density at radius 1 is 1.03 bits per heavy atom. The second-order valence-electron chi connectivity index (χ2n) is 6.77. The third-order valence-corrected chi connectivity index (χ3v) is 4.81. The molecule has 7 heteroatoms. The predicted molar refractivity (Wildman–Crippen MR) is 111 cm³/mol. The molecule has 0 spiro atoms. The normalized spacial score (nSPS) is 10.9. The van der Waals surface area contributed by atoms with Crippen molar-refractivity contribution in [2.24, 2.45) is 5.73 Å². The molecule has 7 nitrogen and oxygen atoms in total. The van der Waals surface area contributed by atoms with E-state index < -0.39 is 5.91 Å².